The van der Waals surface area contributed by atoms with Crippen molar-refractivity contribution in [2.75, 3.05) is 6.61 Å². The van der Waals surface area contributed by atoms with E-state index < -0.39 is 0 Å². The van der Waals surface area contributed by atoms with E-state index in [1.165, 1.54) is 89.9 Å². The maximum atomic E-state index is 8.66. The molecule has 0 fully saturated rings. The Hall–Kier alpha value is -0.0400. The first-order chi connectivity index (χ1) is 8.91. The van der Waals surface area contributed by atoms with E-state index in [0.717, 1.165) is 6.42 Å². The summed E-state index contributed by atoms with van der Waals surface area (Å²) < 4.78 is 0. The van der Waals surface area contributed by atoms with Crippen LogP contribution in [0.15, 0.2) is 0 Å². The first kappa shape index (κ1) is 18.0. The maximum absolute atomic E-state index is 8.66. The second kappa shape index (κ2) is 17.0. The third kappa shape index (κ3) is 16.0. The highest BCUT2D eigenvalue weighted by Crippen LogP contribution is 2.13. The average molecular weight is 258 g/mol. The van der Waals surface area contributed by atoms with Gasteiger partial charge in [0.1, 0.15) is 0 Å². The lowest BCUT2D eigenvalue weighted by Gasteiger charge is -2.02. The summed E-state index contributed by atoms with van der Waals surface area (Å²) >= 11 is 0. The Morgan fingerprint density at radius 3 is 1.22 bits per heavy atom. The molecule has 0 unspecified atom stereocenters. The molecule has 0 aromatic carbocycles. The monoisotopic (exact) mass is 258 g/mol. The van der Waals surface area contributed by atoms with Gasteiger partial charge in [-0.05, 0) is 6.42 Å². The second-order valence-electron chi connectivity index (χ2n) is 5.67. The quantitative estimate of drug-likeness (QED) is 0.365. The van der Waals surface area contributed by atoms with Crippen molar-refractivity contribution in [1.29, 1.82) is 0 Å². The van der Waals surface area contributed by atoms with Gasteiger partial charge < -0.3 is 5.11 Å². The summed E-state index contributed by atoms with van der Waals surface area (Å²) in [5, 5.41) is 8.66. The minimum absolute atomic E-state index is 0.373. The van der Waals surface area contributed by atoms with Crippen molar-refractivity contribution < 1.29 is 5.11 Å². The molecule has 0 spiro atoms. The van der Waals surface area contributed by atoms with E-state index in [4.69, 9.17) is 5.11 Å². The second-order valence-corrected chi connectivity index (χ2v) is 5.67. The molecule has 1 N–H and O–H groups in total. The molecular formula is C17H36O. The van der Waals surface area contributed by atoms with Crippen LogP contribution in [-0.2, 0) is 0 Å². The summed E-state index contributed by atoms with van der Waals surface area (Å²) in [7, 11) is 0. The van der Waals surface area contributed by atoms with Gasteiger partial charge in [0.15, 0.2) is 0 Å². The van der Waals surface area contributed by atoms with E-state index in [1.807, 2.05) is 0 Å². The minimum Gasteiger partial charge on any atom is -0.396 e. The number of hydrogen-bond acceptors (Lipinski definition) is 1. The average Bonchev–Trinajstić information content (AvgIpc) is 2.39. The lowest BCUT2D eigenvalue weighted by Crippen LogP contribution is -1.85. The standard InChI is InChI=1S/C17H36O/c1-2-3-4-5-6-7-8-9-10-11-12-13-14-15-16-17-18/h18H,2-17H2,1H3/i17+2. The lowest BCUT2D eigenvalue weighted by molar-refractivity contribution is 0.282. The maximum Gasteiger partial charge on any atom is 0.0431 e. The zero-order chi connectivity index (χ0) is 13.3. The number of rotatable bonds is 15. The molecule has 0 aromatic heterocycles. The molecule has 0 aliphatic rings. The summed E-state index contributed by atoms with van der Waals surface area (Å²) in [6.07, 6.45) is 20.7. The molecule has 0 aliphatic heterocycles. The number of hydrogen-bond donors (Lipinski definition) is 1. The smallest absolute Gasteiger partial charge is 0.0431 e. The van der Waals surface area contributed by atoms with Gasteiger partial charge in [-0.25, -0.2) is 0 Å². The lowest BCUT2D eigenvalue weighted by atomic mass is 10.0. The molecule has 1 heteroatoms. The molecule has 0 aromatic rings. The Balaban J connectivity index is 2.86. The summed E-state index contributed by atoms with van der Waals surface area (Å²) in [5.74, 6) is 0. The van der Waals surface area contributed by atoms with Gasteiger partial charge in [0.2, 0.25) is 0 Å². The highest BCUT2D eigenvalue weighted by molar-refractivity contribution is 4.49. The first-order valence-electron chi connectivity index (χ1n) is 8.52. The van der Waals surface area contributed by atoms with Crippen LogP contribution < -0.4 is 0 Å². The molecule has 0 amide bonds. The van der Waals surface area contributed by atoms with Crippen LogP contribution in [0.3, 0.4) is 0 Å². The van der Waals surface area contributed by atoms with Crippen molar-refractivity contribution in [2.24, 2.45) is 0 Å². The van der Waals surface area contributed by atoms with Crippen LogP contribution in [0.2, 0.25) is 0 Å². The number of aliphatic hydroxyl groups excluding tert-OH is 1. The predicted octanol–water partition coefficient (Wildman–Crippen LogP) is 5.85. The fourth-order valence-electron chi connectivity index (χ4n) is 2.48. The summed E-state index contributed by atoms with van der Waals surface area (Å²) in [4.78, 5) is 0. The molecule has 1 nitrogen and oxygen atoms in total. The largest absolute Gasteiger partial charge is 0.396 e. The predicted molar refractivity (Wildman–Crippen MR) is 82.0 cm³/mol. The zero-order valence-corrected chi connectivity index (χ0v) is 12.8. The van der Waals surface area contributed by atoms with E-state index in [2.05, 4.69) is 6.92 Å². The Kier molecular flexibility index (Phi) is 16.9. The fraction of sp³-hybridized carbons (Fsp3) is 1.00. The molecule has 110 valence electrons. The molecular weight excluding hydrogens is 222 g/mol. The van der Waals surface area contributed by atoms with Crippen molar-refractivity contribution in [3.05, 3.63) is 0 Å². The van der Waals surface area contributed by atoms with Crippen LogP contribution in [0.25, 0.3) is 0 Å². The van der Waals surface area contributed by atoms with E-state index in [0.29, 0.717) is 6.61 Å². The Labute approximate surface area is 115 Å². The van der Waals surface area contributed by atoms with Gasteiger partial charge in [-0.3, -0.25) is 0 Å². The first-order valence-corrected chi connectivity index (χ1v) is 8.52. The third-order valence-corrected chi connectivity index (χ3v) is 3.76. The molecule has 0 saturated heterocycles. The zero-order valence-electron chi connectivity index (χ0n) is 12.8. The van der Waals surface area contributed by atoms with Crippen molar-refractivity contribution in [1.82, 2.24) is 0 Å². The fourth-order valence-corrected chi connectivity index (χ4v) is 2.48. The van der Waals surface area contributed by atoms with Gasteiger partial charge in [-0.2, -0.15) is 0 Å². The molecule has 0 saturated carbocycles. The molecule has 0 radical (unpaired) electrons. The Bertz CT molecular complexity index is 118. The van der Waals surface area contributed by atoms with Gasteiger partial charge in [0, 0.05) is 6.61 Å². The molecule has 0 rings (SSSR count). The van der Waals surface area contributed by atoms with Gasteiger partial charge in [-0.1, -0.05) is 96.8 Å². The van der Waals surface area contributed by atoms with Gasteiger partial charge in [0.05, 0.1) is 0 Å². The van der Waals surface area contributed by atoms with E-state index in [1.54, 1.807) is 0 Å². The van der Waals surface area contributed by atoms with Gasteiger partial charge in [-0.15, -0.1) is 0 Å². The van der Waals surface area contributed by atoms with E-state index in [-0.39, 0.29) is 0 Å². The van der Waals surface area contributed by atoms with Crippen LogP contribution >= 0.6 is 0 Å². The van der Waals surface area contributed by atoms with Crippen molar-refractivity contribution in [2.45, 2.75) is 103 Å². The normalized spacial score (nSPS) is 11.0. The topological polar surface area (TPSA) is 20.2 Å². The van der Waals surface area contributed by atoms with E-state index >= 15 is 0 Å². The summed E-state index contributed by atoms with van der Waals surface area (Å²) in [6, 6.07) is 0. The summed E-state index contributed by atoms with van der Waals surface area (Å²) in [5.41, 5.74) is 0. The minimum atomic E-state index is 0.373. The van der Waals surface area contributed by atoms with Crippen LogP contribution in [0.1, 0.15) is 103 Å². The van der Waals surface area contributed by atoms with Crippen molar-refractivity contribution in [3.8, 4) is 0 Å². The van der Waals surface area contributed by atoms with E-state index in [9.17, 15) is 0 Å². The molecule has 18 heavy (non-hydrogen) atoms. The molecule has 0 aliphatic carbocycles. The van der Waals surface area contributed by atoms with Crippen molar-refractivity contribution in [3.63, 3.8) is 0 Å². The molecule has 0 bridgehead atoms. The summed E-state index contributed by atoms with van der Waals surface area (Å²) in [6.45, 7) is 2.65. The van der Waals surface area contributed by atoms with Gasteiger partial charge >= 0.3 is 0 Å². The third-order valence-electron chi connectivity index (χ3n) is 3.76. The van der Waals surface area contributed by atoms with Crippen molar-refractivity contribution >= 4 is 0 Å². The number of unbranched alkanes of at least 4 members (excludes halogenated alkanes) is 14. The molecule has 0 atom stereocenters. The van der Waals surface area contributed by atoms with Crippen LogP contribution in [0.5, 0.6) is 0 Å². The Morgan fingerprint density at radius 1 is 0.556 bits per heavy atom. The van der Waals surface area contributed by atoms with Crippen LogP contribution in [-0.4, -0.2) is 11.7 Å². The van der Waals surface area contributed by atoms with Crippen LogP contribution in [0.4, 0.5) is 0 Å². The SMILES string of the molecule is CCCCCCCCCCCCCCCC[14CH2]O. The molecule has 0 heterocycles. The number of aliphatic hydroxyl groups is 1. The Morgan fingerprint density at radius 2 is 0.889 bits per heavy atom. The highest BCUT2D eigenvalue weighted by Gasteiger charge is 1.93. The van der Waals surface area contributed by atoms with Gasteiger partial charge in [0.25, 0.3) is 0 Å². The van der Waals surface area contributed by atoms with Crippen LogP contribution in [0, 0.1) is 0 Å². The highest BCUT2D eigenvalue weighted by atomic mass is 16.5.